The van der Waals surface area contributed by atoms with Crippen LogP contribution >= 0.6 is 0 Å². The molecule has 0 aliphatic rings. The van der Waals surface area contributed by atoms with Gasteiger partial charge in [0.25, 0.3) is 5.56 Å². The first-order valence-corrected chi connectivity index (χ1v) is 9.63. The summed E-state index contributed by atoms with van der Waals surface area (Å²) in [6.45, 7) is 2.32. The molecule has 0 saturated heterocycles. The molecule has 0 aliphatic heterocycles. The van der Waals surface area contributed by atoms with Crippen LogP contribution < -0.4 is 20.9 Å². The topological polar surface area (TPSA) is 105 Å². The molecule has 0 radical (unpaired) electrons. The maximum Gasteiger partial charge on any atom is 0.335 e. The second-order valence-corrected chi connectivity index (χ2v) is 6.90. The number of ketones is 1. The van der Waals surface area contributed by atoms with Crippen LogP contribution in [0.4, 0.5) is 5.69 Å². The average molecular weight is 421 g/mol. The Balaban J connectivity index is 1.95. The number of H-pyrrole nitrogens is 1. The van der Waals surface area contributed by atoms with Crippen LogP contribution in [-0.2, 0) is 0 Å². The van der Waals surface area contributed by atoms with Crippen LogP contribution in [0.15, 0.2) is 64.2 Å². The van der Waals surface area contributed by atoms with Gasteiger partial charge in [-0.3, -0.25) is 14.6 Å². The summed E-state index contributed by atoms with van der Waals surface area (Å²) in [5.74, 6) is -0.867. The first-order chi connectivity index (χ1) is 14.8. The Morgan fingerprint density at radius 1 is 1.10 bits per heavy atom. The quantitative estimate of drug-likeness (QED) is 0.449. The molecule has 0 atom stereocenters. The highest BCUT2D eigenvalue weighted by Gasteiger charge is 2.20. The van der Waals surface area contributed by atoms with Gasteiger partial charge in [0.1, 0.15) is 11.3 Å². The molecule has 0 aliphatic carbocycles. The average Bonchev–Trinajstić information content (AvgIpc) is 2.73. The van der Waals surface area contributed by atoms with E-state index in [-0.39, 0.29) is 5.69 Å². The van der Waals surface area contributed by atoms with Crippen LogP contribution in [0, 0.1) is 0 Å². The van der Waals surface area contributed by atoms with E-state index in [1.165, 1.54) is 12.2 Å². The van der Waals surface area contributed by atoms with Gasteiger partial charge >= 0.3 is 5.69 Å². The van der Waals surface area contributed by atoms with Gasteiger partial charge in [-0.15, -0.1) is 0 Å². The predicted octanol–water partition coefficient (Wildman–Crippen LogP) is 2.59. The van der Waals surface area contributed by atoms with Crippen molar-refractivity contribution in [3.63, 3.8) is 0 Å². The zero-order valence-electron chi connectivity index (χ0n) is 17.5. The standard InChI is InChI=1S/C23H23N3O5/c1-4-31-18-12-10-17(11-13-18)26-22(29)20(21(28)24-23(26)30)19(27)14-7-15-5-8-16(9-6-15)25(2)3/h5-14,29H,4H2,1-3H3,(H,24,28,30)/b14-7+. The highest BCUT2D eigenvalue weighted by atomic mass is 16.5. The molecule has 0 spiro atoms. The fraction of sp³-hybridized carbons (Fsp3) is 0.174. The lowest BCUT2D eigenvalue weighted by Gasteiger charge is -2.12. The van der Waals surface area contributed by atoms with Crippen molar-refractivity contribution < 1.29 is 14.6 Å². The number of benzene rings is 2. The first-order valence-electron chi connectivity index (χ1n) is 9.63. The summed E-state index contributed by atoms with van der Waals surface area (Å²) in [4.78, 5) is 41.2. The summed E-state index contributed by atoms with van der Waals surface area (Å²) < 4.78 is 6.22. The number of anilines is 1. The van der Waals surface area contributed by atoms with Gasteiger partial charge in [-0.25, -0.2) is 9.36 Å². The van der Waals surface area contributed by atoms with E-state index >= 15 is 0 Å². The van der Waals surface area contributed by atoms with Crippen molar-refractivity contribution in [2.75, 3.05) is 25.6 Å². The van der Waals surface area contributed by atoms with Gasteiger partial charge in [0.2, 0.25) is 5.88 Å². The molecule has 1 aromatic heterocycles. The predicted molar refractivity (Wildman–Crippen MR) is 120 cm³/mol. The van der Waals surface area contributed by atoms with Crippen LogP contribution in [0.25, 0.3) is 11.8 Å². The zero-order valence-corrected chi connectivity index (χ0v) is 17.5. The van der Waals surface area contributed by atoms with E-state index in [4.69, 9.17) is 4.74 Å². The van der Waals surface area contributed by atoms with Gasteiger partial charge in [0.05, 0.1) is 12.3 Å². The summed E-state index contributed by atoms with van der Waals surface area (Å²) in [7, 11) is 3.84. The van der Waals surface area contributed by atoms with E-state index in [9.17, 15) is 19.5 Å². The van der Waals surface area contributed by atoms with E-state index in [0.717, 1.165) is 15.8 Å². The van der Waals surface area contributed by atoms with Crippen molar-refractivity contribution in [2.24, 2.45) is 0 Å². The number of aromatic amines is 1. The van der Waals surface area contributed by atoms with Gasteiger partial charge in [0.15, 0.2) is 5.78 Å². The molecule has 3 aromatic rings. The third-order valence-corrected chi connectivity index (χ3v) is 4.57. The molecule has 0 amide bonds. The SMILES string of the molecule is CCOc1ccc(-n2c(O)c(C(=O)/C=C/c3ccc(N(C)C)cc3)c(=O)[nH]c2=O)cc1. The minimum Gasteiger partial charge on any atom is -0.494 e. The molecule has 160 valence electrons. The number of hydrogen-bond acceptors (Lipinski definition) is 6. The number of nitrogens with one attached hydrogen (secondary N) is 1. The number of aromatic hydroxyl groups is 1. The number of ether oxygens (including phenoxy) is 1. The third kappa shape index (κ3) is 4.75. The Hall–Kier alpha value is -4.07. The van der Waals surface area contributed by atoms with Crippen LogP contribution in [0.2, 0.25) is 0 Å². The maximum absolute atomic E-state index is 12.7. The smallest absolute Gasteiger partial charge is 0.335 e. The minimum absolute atomic E-state index is 0.277. The Morgan fingerprint density at radius 3 is 2.32 bits per heavy atom. The largest absolute Gasteiger partial charge is 0.494 e. The molecule has 0 saturated carbocycles. The molecule has 0 unspecified atom stereocenters. The second kappa shape index (κ2) is 9.17. The monoisotopic (exact) mass is 421 g/mol. The molecule has 0 fully saturated rings. The van der Waals surface area contributed by atoms with Gasteiger partial charge in [-0.2, -0.15) is 0 Å². The Bertz CT molecular complexity index is 1220. The zero-order chi connectivity index (χ0) is 22.5. The number of carbonyl (C=O) groups excluding carboxylic acids is 1. The van der Waals surface area contributed by atoms with E-state index in [2.05, 4.69) is 4.98 Å². The molecular formula is C23H23N3O5. The fourth-order valence-electron chi connectivity index (χ4n) is 2.98. The number of carbonyl (C=O) groups is 1. The maximum atomic E-state index is 12.7. The molecule has 2 aromatic carbocycles. The molecule has 31 heavy (non-hydrogen) atoms. The number of nitrogens with zero attached hydrogens (tertiary/aromatic N) is 2. The number of rotatable bonds is 7. The Labute approximate surface area is 178 Å². The Morgan fingerprint density at radius 2 is 1.74 bits per heavy atom. The van der Waals surface area contributed by atoms with E-state index in [1.54, 1.807) is 24.3 Å². The van der Waals surface area contributed by atoms with Gasteiger partial charge in [-0.1, -0.05) is 18.2 Å². The van der Waals surface area contributed by atoms with Crippen molar-refractivity contribution in [2.45, 2.75) is 6.92 Å². The highest BCUT2D eigenvalue weighted by Crippen LogP contribution is 2.20. The van der Waals surface area contributed by atoms with Crippen LogP contribution in [-0.4, -0.2) is 41.1 Å². The fourth-order valence-corrected chi connectivity index (χ4v) is 2.98. The summed E-state index contributed by atoms with van der Waals surface area (Å²) in [6.07, 6.45) is 2.72. The van der Waals surface area contributed by atoms with Gasteiger partial charge < -0.3 is 14.7 Å². The van der Waals surface area contributed by atoms with Gasteiger partial charge in [0, 0.05) is 19.8 Å². The normalized spacial score (nSPS) is 10.9. The summed E-state index contributed by atoms with van der Waals surface area (Å²) in [5, 5.41) is 10.6. The minimum atomic E-state index is -0.956. The number of aromatic nitrogens is 2. The van der Waals surface area contributed by atoms with Crippen LogP contribution in [0.5, 0.6) is 11.6 Å². The van der Waals surface area contributed by atoms with E-state index < -0.39 is 28.5 Å². The summed E-state index contributed by atoms with van der Waals surface area (Å²) in [6, 6.07) is 13.8. The van der Waals surface area contributed by atoms with E-state index in [0.29, 0.717) is 12.4 Å². The Kier molecular flexibility index (Phi) is 6.40. The molecular weight excluding hydrogens is 398 g/mol. The lowest BCUT2D eigenvalue weighted by Crippen LogP contribution is -2.32. The van der Waals surface area contributed by atoms with Crippen molar-refractivity contribution in [1.29, 1.82) is 0 Å². The lowest BCUT2D eigenvalue weighted by atomic mass is 10.1. The second-order valence-electron chi connectivity index (χ2n) is 6.90. The first kappa shape index (κ1) is 21.6. The van der Waals surface area contributed by atoms with Crippen molar-refractivity contribution in [1.82, 2.24) is 9.55 Å². The third-order valence-electron chi connectivity index (χ3n) is 4.57. The summed E-state index contributed by atoms with van der Waals surface area (Å²) >= 11 is 0. The van der Waals surface area contributed by atoms with Crippen molar-refractivity contribution in [3.8, 4) is 17.3 Å². The van der Waals surface area contributed by atoms with E-state index in [1.807, 2.05) is 50.2 Å². The summed E-state index contributed by atoms with van der Waals surface area (Å²) in [5.41, 5.74) is -0.308. The lowest BCUT2D eigenvalue weighted by molar-refractivity contribution is 0.104. The number of allylic oxidation sites excluding steroid dienone is 1. The molecule has 1 heterocycles. The number of hydrogen-bond donors (Lipinski definition) is 2. The molecule has 2 N–H and O–H groups in total. The molecule has 3 rings (SSSR count). The highest BCUT2D eigenvalue weighted by molar-refractivity contribution is 6.08. The van der Waals surface area contributed by atoms with Gasteiger partial charge in [-0.05, 0) is 55.0 Å². The van der Waals surface area contributed by atoms with Crippen LogP contribution in [0.1, 0.15) is 22.8 Å². The van der Waals surface area contributed by atoms with Crippen molar-refractivity contribution in [3.05, 3.63) is 86.6 Å². The molecule has 0 bridgehead atoms. The molecule has 8 heteroatoms. The van der Waals surface area contributed by atoms with Crippen molar-refractivity contribution >= 4 is 17.5 Å². The molecule has 8 nitrogen and oxygen atoms in total. The van der Waals surface area contributed by atoms with Crippen LogP contribution in [0.3, 0.4) is 0 Å².